The Morgan fingerprint density at radius 3 is 2.95 bits per heavy atom. The van der Waals surface area contributed by atoms with Crippen LogP contribution in [0.2, 0.25) is 0 Å². The summed E-state index contributed by atoms with van der Waals surface area (Å²) in [4.78, 5) is 8.53. The van der Waals surface area contributed by atoms with E-state index in [4.69, 9.17) is 4.74 Å². The van der Waals surface area contributed by atoms with Gasteiger partial charge in [-0.3, -0.25) is 0 Å². The minimum atomic E-state index is 0.294. The van der Waals surface area contributed by atoms with E-state index in [-0.39, 0.29) is 0 Å². The molecular weight excluding hydrogens is 254 g/mol. The fourth-order valence-electron chi connectivity index (χ4n) is 2.44. The molecule has 0 radical (unpaired) electrons. The van der Waals surface area contributed by atoms with Gasteiger partial charge in [-0.25, -0.2) is 14.6 Å². The van der Waals surface area contributed by atoms with E-state index in [1.807, 2.05) is 30.7 Å². The third kappa shape index (κ3) is 2.80. The molecule has 0 amide bonds. The predicted molar refractivity (Wildman–Crippen MR) is 76.1 cm³/mol. The first kappa shape index (κ1) is 13.1. The molecule has 2 aromatic rings. The lowest BCUT2D eigenvalue weighted by molar-refractivity contribution is 0.120. The van der Waals surface area contributed by atoms with E-state index in [1.54, 1.807) is 6.33 Å². The summed E-state index contributed by atoms with van der Waals surface area (Å²) in [6.07, 6.45) is 4.11. The minimum absolute atomic E-state index is 0.294. The number of nitrogens with one attached hydrogen (secondary N) is 1. The molecular formula is C14H19N5O. The van der Waals surface area contributed by atoms with Crippen LogP contribution in [0.3, 0.4) is 0 Å². The van der Waals surface area contributed by atoms with Gasteiger partial charge in [0.25, 0.3) is 0 Å². The summed E-state index contributed by atoms with van der Waals surface area (Å²) in [5, 5.41) is 7.74. The zero-order chi connectivity index (χ0) is 13.9. The summed E-state index contributed by atoms with van der Waals surface area (Å²) in [5.41, 5.74) is 2.04. The first-order valence-corrected chi connectivity index (χ1v) is 6.93. The Labute approximate surface area is 118 Å². The number of aryl methyl sites for hydroxylation is 2. The van der Waals surface area contributed by atoms with E-state index >= 15 is 0 Å². The standard InChI is InChI=1S/C14H19N5O/c1-10-6-11(2)19(18-10)14-7-13(16-9-17-14)15-8-12-4-3-5-20-12/h6-7,9,12H,3-5,8H2,1-2H3,(H,15,16,17). The van der Waals surface area contributed by atoms with Gasteiger partial charge in [0, 0.05) is 24.9 Å². The molecule has 1 aliphatic rings. The highest BCUT2D eigenvalue weighted by molar-refractivity contribution is 5.41. The molecule has 0 spiro atoms. The lowest BCUT2D eigenvalue weighted by atomic mass is 10.2. The first-order chi connectivity index (χ1) is 9.72. The molecule has 1 atom stereocenters. The van der Waals surface area contributed by atoms with Crippen molar-refractivity contribution in [3.05, 3.63) is 29.8 Å². The monoisotopic (exact) mass is 273 g/mol. The number of rotatable bonds is 4. The van der Waals surface area contributed by atoms with Gasteiger partial charge in [-0.05, 0) is 32.8 Å². The summed E-state index contributed by atoms with van der Waals surface area (Å²) < 4.78 is 7.42. The van der Waals surface area contributed by atoms with Crippen molar-refractivity contribution in [3.8, 4) is 5.82 Å². The smallest absolute Gasteiger partial charge is 0.159 e. The number of ether oxygens (including phenoxy) is 1. The van der Waals surface area contributed by atoms with E-state index in [9.17, 15) is 0 Å². The third-order valence-electron chi connectivity index (χ3n) is 3.41. The average Bonchev–Trinajstić information content (AvgIpc) is 3.06. The molecule has 3 heterocycles. The largest absolute Gasteiger partial charge is 0.376 e. The highest BCUT2D eigenvalue weighted by Crippen LogP contribution is 2.15. The fraction of sp³-hybridized carbons (Fsp3) is 0.500. The summed E-state index contributed by atoms with van der Waals surface area (Å²) in [6.45, 7) is 5.64. The fourth-order valence-corrected chi connectivity index (χ4v) is 2.44. The third-order valence-corrected chi connectivity index (χ3v) is 3.41. The van der Waals surface area contributed by atoms with Crippen LogP contribution in [-0.2, 0) is 4.74 Å². The van der Waals surface area contributed by atoms with E-state index in [1.165, 1.54) is 0 Å². The van der Waals surface area contributed by atoms with Crippen LogP contribution in [0, 0.1) is 13.8 Å². The van der Waals surface area contributed by atoms with Gasteiger partial charge in [0.1, 0.15) is 12.1 Å². The Kier molecular flexibility index (Phi) is 3.64. The topological polar surface area (TPSA) is 64.9 Å². The molecule has 6 heteroatoms. The van der Waals surface area contributed by atoms with Crippen molar-refractivity contribution in [1.82, 2.24) is 19.7 Å². The first-order valence-electron chi connectivity index (χ1n) is 6.93. The Hall–Kier alpha value is -1.95. The van der Waals surface area contributed by atoms with Crippen molar-refractivity contribution in [2.75, 3.05) is 18.5 Å². The van der Waals surface area contributed by atoms with Gasteiger partial charge < -0.3 is 10.1 Å². The molecule has 0 aromatic carbocycles. The maximum Gasteiger partial charge on any atom is 0.159 e. The van der Waals surface area contributed by atoms with Gasteiger partial charge in [-0.1, -0.05) is 0 Å². The average molecular weight is 273 g/mol. The summed E-state index contributed by atoms with van der Waals surface area (Å²) in [5.74, 6) is 1.58. The lowest BCUT2D eigenvalue weighted by Crippen LogP contribution is -2.19. The van der Waals surface area contributed by atoms with Crippen molar-refractivity contribution >= 4 is 5.82 Å². The lowest BCUT2D eigenvalue weighted by Gasteiger charge is -2.11. The molecule has 20 heavy (non-hydrogen) atoms. The number of nitrogens with zero attached hydrogens (tertiary/aromatic N) is 4. The highest BCUT2D eigenvalue weighted by Gasteiger charge is 2.15. The van der Waals surface area contributed by atoms with Crippen LogP contribution < -0.4 is 5.32 Å². The van der Waals surface area contributed by atoms with Gasteiger partial charge in [0.15, 0.2) is 5.82 Å². The van der Waals surface area contributed by atoms with Crippen LogP contribution in [0.25, 0.3) is 5.82 Å². The number of aromatic nitrogens is 4. The second-order valence-electron chi connectivity index (χ2n) is 5.12. The van der Waals surface area contributed by atoms with Crippen LogP contribution in [-0.4, -0.2) is 39.0 Å². The number of hydrogen-bond donors (Lipinski definition) is 1. The molecule has 0 saturated carbocycles. The minimum Gasteiger partial charge on any atom is -0.376 e. The quantitative estimate of drug-likeness (QED) is 0.921. The van der Waals surface area contributed by atoms with Gasteiger partial charge in [0.05, 0.1) is 11.8 Å². The van der Waals surface area contributed by atoms with Crippen LogP contribution in [0.5, 0.6) is 0 Å². The molecule has 1 unspecified atom stereocenters. The maximum absolute atomic E-state index is 5.59. The van der Waals surface area contributed by atoms with E-state index < -0.39 is 0 Å². The van der Waals surface area contributed by atoms with E-state index in [0.29, 0.717) is 6.10 Å². The van der Waals surface area contributed by atoms with Crippen molar-refractivity contribution in [3.63, 3.8) is 0 Å². The molecule has 1 saturated heterocycles. The Morgan fingerprint density at radius 2 is 2.25 bits per heavy atom. The summed E-state index contributed by atoms with van der Waals surface area (Å²) in [7, 11) is 0. The molecule has 0 bridgehead atoms. The molecule has 6 nitrogen and oxygen atoms in total. The molecule has 0 aliphatic carbocycles. The molecule has 1 aliphatic heterocycles. The van der Waals surface area contributed by atoms with Gasteiger partial charge in [0.2, 0.25) is 0 Å². The number of anilines is 1. The SMILES string of the molecule is Cc1cc(C)n(-c2cc(NCC3CCCO3)ncn2)n1. The van der Waals surface area contributed by atoms with E-state index in [0.717, 1.165) is 49.0 Å². The van der Waals surface area contributed by atoms with Crippen LogP contribution >= 0.6 is 0 Å². The van der Waals surface area contributed by atoms with Crippen LogP contribution in [0.15, 0.2) is 18.5 Å². The summed E-state index contributed by atoms with van der Waals surface area (Å²) >= 11 is 0. The normalized spacial score (nSPS) is 18.4. The predicted octanol–water partition coefficient (Wildman–Crippen LogP) is 1.87. The maximum atomic E-state index is 5.59. The van der Waals surface area contributed by atoms with E-state index in [2.05, 4.69) is 20.4 Å². The molecule has 106 valence electrons. The Morgan fingerprint density at radius 1 is 1.35 bits per heavy atom. The zero-order valence-corrected chi connectivity index (χ0v) is 11.8. The molecule has 1 N–H and O–H groups in total. The van der Waals surface area contributed by atoms with Crippen LogP contribution in [0.1, 0.15) is 24.2 Å². The second-order valence-corrected chi connectivity index (χ2v) is 5.12. The van der Waals surface area contributed by atoms with Crippen molar-refractivity contribution < 1.29 is 4.74 Å². The zero-order valence-electron chi connectivity index (χ0n) is 11.8. The van der Waals surface area contributed by atoms with Crippen molar-refractivity contribution in [2.24, 2.45) is 0 Å². The molecule has 3 rings (SSSR count). The van der Waals surface area contributed by atoms with Crippen molar-refractivity contribution in [2.45, 2.75) is 32.8 Å². The Balaban J connectivity index is 1.73. The summed E-state index contributed by atoms with van der Waals surface area (Å²) in [6, 6.07) is 3.94. The van der Waals surface area contributed by atoms with Gasteiger partial charge >= 0.3 is 0 Å². The van der Waals surface area contributed by atoms with Gasteiger partial charge in [-0.2, -0.15) is 5.10 Å². The number of hydrogen-bond acceptors (Lipinski definition) is 5. The molecule has 2 aromatic heterocycles. The molecule has 1 fully saturated rings. The Bertz CT molecular complexity index is 589. The van der Waals surface area contributed by atoms with Crippen LogP contribution in [0.4, 0.5) is 5.82 Å². The second kappa shape index (κ2) is 5.58. The highest BCUT2D eigenvalue weighted by atomic mass is 16.5. The van der Waals surface area contributed by atoms with Gasteiger partial charge in [-0.15, -0.1) is 0 Å². The van der Waals surface area contributed by atoms with Crippen molar-refractivity contribution in [1.29, 1.82) is 0 Å².